The molecule has 0 radical (unpaired) electrons. The zero-order valence-electron chi connectivity index (χ0n) is 7.34. The van der Waals surface area contributed by atoms with Gasteiger partial charge in [-0.2, -0.15) is 0 Å². The summed E-state index contributed by atoms with van der Waals surface area (Å²) in [5.74, 6) is 0. The highest BCUT2D eigenvalue weighted by Gasteiger charge is 2.14. The van der Waals surface area contributed by atoms with Crippen LogP contribution in [-0.2, 0) is 9.47 Å². The van der Waals surface area contributed by atoms with E-state index in [1.807, 2.05) is 0 Å². The number of hydrogen-bond acceptors (Lipinski definition) is 2. The average Bonchev–Trinajstić information content (AvgIpc) is 2.50. The molecular formula is C9H18O2. The van der Waals surface area contributed by atoms with Gasteiger partial charge in [0.25, 0.3) is 0 Å². The molecule has 2 heteroatoms. The van der Waals surface area contributed by atoms with E-state index in [1.54, 1.807) is 0 Å². The highest BCUT2D eigenvalue weighted by Crippen LogP contribution is 2.12. The predicted octanol–water partition coefficient (Wildman–Crippen LogP) is 2.33. The molecule has 0 spiro atoms. The Morgan fingerprint density at radius 2 is 2.18 bits per heavy atom. The summed E-state index contributed by atoms with van der Waals surface area (Å²) in [4.78, 5) is 0. The third-order valence-corrected chi connectivity index (χ3v) is 2.07. The molecule has 1 unspecified atom stereocenters. The zero-order valence-corrected chi connectivity index (χ0v) is 7.34. The van der Waals surface area contributed by atoms with Crippen LogP contribution >= 0.6 is 0 Å². The molecule has 2 nitrogen and oxygen atoms in total. The maximum Gasteiger partial charge on any atom is 0.147 e. The minimum Gasteiger partial charge on any atom is -0.353 e. The van der Waals surface area contributed by atoms with Crippen molar-refractivity contribution in [1.29, 1.82) is 0 Å². The maximum absolute atomic E-state index is 5.31. The summed E-state index contributed by atoms with van der Waals surface area (Å²) in [6, 6.07) is 0. The van der Waals surface area contributed by atoms with Crippen molar-refractivity contribution < 1.29 is 9.47 Å². The van der Waals surface area contributed by atoms with Gasteiger partial charge >= 0.3 is 0 Å². The van der Waals surface area contributed by atoms with Crippen LogP contribution in [0.4, 0.5) is 0 Å². The van der Waals surface area contributed by atoms with Crippen molar-refractivity contribution >= 4 is 0 Å². The van der Waals surface area contributed by atoms with Crippen molar-refractivity contribution in [3.05, 3.63) is 0 Å². The summed E-state index contributed by atoms with van der Waals surface area (Å²) < 4.78 is 10.4. The van der Waals surface area contributed by atoms with Gasteiger partial charge in [-0.15, -0.1) is 0 Å². The predicted molar refractivity (Wildman–Crippen MR) is 44.5 cm³/mol. The Labute approximate surface area is 68.9 Å². The van der Waals surface area contributed by atoms with Crippen molar-refractivity contribution in [3.8, 4) is 0 Å². The fourth-order valence-corrected chi connectivity index (χ4v) is 1.34. The van der Waals surface area contributed by atoms with Gasteiger partial charge in [0.2, 0.25) is 0 Å². The lowest BCUT2D eigenvalue weighted by molar-refractivity contribution is 0.0440. The van der Waals surface area contributed by atoms with Gasteiger partial charge in [0.1, 0.15) is 6.79 Å². The lowest BCUT2D eigenvalue weighted by Gasteiger charge is -2.05. The van der Waals surface area contributed by atoms with Crippen molar-refractivity contribution in [2.75, 3.05) is 13.4 Å². The fourth-order valence-electron chi connectivity index (χ4n) is 1.34. The summed E-state index contributed by atoms with van der Waals surface area (Å²) in [5, 5.41) is 0. The second-order valence-corrected chi connectivity index (χ2v) is 3.13. The molecule has 0 aromatic rings. The monoisotopic (exact) mass is 158 g/mol. The number of ether oxygens (including phenoxy) is 2. The Hall–Kier alpha value is -0.0800. The molecule has 0 saturated carbocycles. The van der Waals surface area contributed by atoms with E-state index in [2.05, 4.69) is 6.92 Å². The Bertz CT molecular complexity index is 87.6. The molecule has 0 N–H and O–H groups in total. The molecule has 0 bridgehead atoms. The van der Waals surface area contributed by atoms with Crippen LogP contribution in [0.2, 0.25) is 0 Å². The summed E-state index contributed by atoms with van der Waals surface area (Å²) >= 11 is 0. The molecule has 1 aliphatic heterocycles. The van der Waals surface area contributed by atoms with Gasteiger partial charge in [-0.05, 0) is 6.42 Å². The van der Waals surface area contributed by atoms with Crippen LogP contribution in [0.1, 0.15) is 39.0 Å². The van der Waals surface area contributed by atoms with E-state index in [9.17, 15) is 0 Å². The molecule has 0 amide bonds. The molecule has 1 saturated heterocycles. The summed E-state index contributed by atoms with van der Waals surface area (Å²) in [5.41, 5.74) is 0. The largest absolute Gasteiger partial charge is 0.353 e. The van der Waals surface area contributed by atoms with Crippen LogP contribution in [0.25, 0.3) is 0 Å². The van der Waals surface area contributed by atoms with Crippen molar-refractivity contribution in [2.24, 2.45) is 0 Å². The molecule has 1 aliphatic rings. The summed E-state index contributed by atoms with van der Waals surface area (Å²) in [6.45, 7) is 3.56. The number of rotatable bonds is 5. The highest BCUT2D eigenvalue weighted by molar-refractivity contribution is 4.59. The van der Waals surface area contributed by atoms with Crippen molar-refractivity contribution in [3.63, 3.8) is 0 Å². The van der Waals surface area contributed by atoms with Crippen LogP contribution < -0.4 is 0 Å². The van der Waals surface area contributed by atoms with Gasteiger partial charge in [-0.3, -0.25) is 0 Å². The quantitative estimate of drug-likeness (QED) is 0.572. The van der Waals surface area contributed by atoms with E-state index in [0.717, 1.165) is 6.61 Å². The van der Waals surface area contributed by atoms with Gasteiger partial charge in [-0.25, -0.2) is 0 Å². The first-order valence-corrected chi connectivity index (χ1v) is 4.63. The van der Waals surface area contributed by atoms with Crippen molar-refractivity contribution in [2.45, 2.75) is 45.1 Å². The van der Waals surface area contributed by atoms with E-state index >= 15 is 0 Å². The van der Waals surface area contributed by atoms with Gasteiger partial charge in [0, 0.05) is 0 Å². The molecule has 1 rings (SSSR count). The first kappa shape index (κ1) is 9.01. The van der Waals surface area contributed by atoms with Crippen LogP contribution in [0, 0.1) is 0 Å². The van der Waals surface area contributed by atoms with Gasteiger partial charge in [0.15, 0.2) is 0 Å². The second kappa shape index (κ2) is 5.56. The molecule has 1 atom stereocenters. The molecule has 1 fully saturated rings. The van der Waals surface area contributed by atoms with Crippen LogP contribution in [-0.4, -0.2) is 19.5 Å². The molecule has 1 heterocycles. The zero-order chi connectivity index (χ0) is 7.94. The molecule has 66 valence electrons. The molecule has 0 aromatic heterocycles. The van der Waals surface area contributed by atoms with E-state index in [1.165, 1.54) is 32.1 Å². The smallest absolute Gasteiger partial charge is 0.147 e. The third-order valence-electron chi connectivity index (χ3n) is 2.07. The fraction of sp³-hybridized carbons (Fsp3) is 1.00. The molecule has 11 heavy (non-hydrogen) atoms. The van der Waals surface area contributed by atoms with Crippen LogP contribution in [0.15, 0.2) is 0 Å². The van der Waals surface area contributed by atoms with Crippen LogP contribution in [0.3, 0.4) is 0 Å². The van der Waals surface area contributed by atoms with E-state index in [0.29, 0.717) is 12.9 Å². The van der Waals surface area contributed by atoms with Crippen LogP contribution in [0.5, 0.6) is 0 Å². The molecule has 0 aliphatic carbocycles. The minimum absolute atomic E-state index is 0.395. The van der Waals surface area contributed by atoms with E-state index in [4.69, 9.17) is 9.47 Å². The van der Waals surface area contributed by atoms with E-state index in [-0.39, 0.29) is 0 Å². The lowest BCUT2D eigenvalue weighted by atomic mass is 10.1. The van der Waals surface area contributed by atoms with Gasteiger partial charge in [-0.1, -0.05) is 32.6 Å². The third kappa shape index (κ3) is 3.73. The first-order valence-electron chi connectivity index (χ1n) is 4.63. The number of unbranched alkanes of at least 4 members (excludes halogenated alkanes) is 3. The van der Waals surface area contributed by atoms with E-state index < -0.39 is 0 Å². The topological polar surface area (TPSA) is 18.5 Å². The SMILES string of the molecule is CCCCCCC1COCO1. The standard InChI is InChI=1S/C9H18O2/c1-2-3-4-5-6-9-7-10-8-11-9/h9H,2-8H2,1H3. The normalized spacial score (nSPS) is 24.3. The Balaban J connectivity index is 1.86. The van der Waals surface area contributed by atoms with Gasteiger partial charge < -0.3 is 9.47 Å². The molecular weight excluding hydrogens is 140 g/mol. The summed E-state index contributed by atoms with van der Waals surface area (Å²) in [7, 11) is 0. The average molecular weight is 158 g/mol. The molecule has 0 aromatic carbocycles. The second-order valence-electron chi connectivity index (χ2n) is 3.13. The lowest BCUT2D eigenvalue weighted by Crippen LogP contribution is -2.08. The highest BCUT2D eigenvalue weighted by atomic mass is 16.7. The Morgan fingerprint density at radius 3 is 2.82 bits per heavy atom. The minimum atomic E-state index is 0.395. The van der Waals surface area contributed by atoms with Crippen molar-refractivity contribution in [1.82, 2.24) is 0 Å². The Kier molecular flexibility index (Phi) is 4.55. The number of hydrogen-bond donors (Lipinski definition) is 0. The van der Waals surface area contributed by atoms with Gasteiger partial charge in [0.05, 0.1) is 12.7 Å². The summed E-state index contributed by atoms with van der Waals surface area (Å²) in [6.07, 6.45) is 6.88. The first-order chi connectivity index (χ1) is 5.43. The Morgan fingerprint density at radius 1 is 1.27 bits per heavy atom. The maximum atomic E-state index is 5.31.